The maximum absolute atomic E-state index is 12.8. The molecule has 2 aromatic rings. The second kappa shape index (κ2) is 7.74. The average Bonchev–Trinajstić information content (AvgIpc) is 2.62. The number of carbonyl (C=O) groups is 1. The first kappa shape index (κ1) is 18.2. The largest absolute Gasteiger partial charge is 0.484 e. The van der Waals surface area contributed by atoms with Gasteiger partial charge < -0.3 is 10.1 Å². The molecule has 6 nitrogen and oxygen atoms in total. The fraction of sp³-hybridized carbons (Fsp3) is 0.278. The molecule has 1 heterocycles. The Labute approximate surface area is 151 Å². The lowest BCUT2D eigenvalue weighted by atomic mass is 10.2. The van der Waals surface area contributed by atoms with Crippen LogP contribution in [0.1, 0.15) is 12.8 Å². The number of hydrogen-bond donors (Lipinski definition) is 1. The molecular formula is C18H19FN2O4S. The number of ether oxygens (including phenoxy) is 1. The maximum Gasteiger partial charge on any atom is 0.262 e. The van der Waals surface area contributed by atoms with Crippen LogP contribution >= 0.6 is 0 Å². The SMILES string of the molecule is O=C(COc1ccc(F)cc1)Nc1ccc(N2CCCCS2(=O)=O)cc1. The Hall–Kier alpha value is -2.61. The summed E-state index contributed by atoms with van der Waals surface area (Å²) in [5.41, 5.74) is 1.13. The van der Waals surface area contributed by atoms with Gasteiger partial charge in [0.05, 0.1) is 11.4 Å². The zero-order valence-electron chi connectivity index (χ0n) is 14.0. The predicted octanol–water partition coefficient (Wildman–Crippen LogP) is 2.77. The zero-order valence-corrected chi connectivity index (χ0v) is 14.8. The van der Waals surface area contributed by atoms with Crippen LogP contribution in [-0.4, -0.2) is 33.2 Å². The molecule has 1 fully saturated rings. The highest BCUT2D eigenvalue weighted by Crippen LogP contribution is 2.24. The maximum atomic E-state index is 12.8. The molecule has 1 N–H and O–H groups in total. The van der Waals surface area contributed by atoms with Crippen LogP contribution in [0.25, 0.3) is 0 Å². The second-order valence-electron chi connectivity index (χ2n) is 5.93. The molecule has 0 radical (unpaired) electrons. The van der Waals surface area contributed by atoms with E-state index in [2.05, 4.69) is 5.32 Å². The third-order valence-electron chi connectivity index (χ3n) is 3.97. The van der Waals surface area contributed by atoms with Gasteiger partial charge in [-0.15, -0.1) is 0 Å². The molecule has 1 aliphatic heterocycles. The number of sulfonamides is 1. The highest BCUT2D eigenvalue weighted by molar-refractivity contribution is 7.92. The Morgan fingerprint density at radius 1 is 1.08 bits per heavy atom. The molecule has 8 heteroatoms. The molecule has 0 atom stereocenters. The van der Waals surface area contributed by atoms with E-state index in [0.717, 1.165) is 6.42 Å². The third-order valence-corrected chi connectivity index (χ3v) is 5.84. The van der Waals surface area contributed by atoms with E-state index >= 15 is 0 Å². The molecular weight excluding hydrogens is 359 g/mol. The Morgan fingerprint density at radius 3 is 2.42 bits per heavy atom. The van der Waals surface area contributed by atoms with Crippen molar-refractivity contribution in [2.24, 2.45) is 0 Å². The molecule has 2 aromatic carbocycles. The van der Waals surface area contributed by atoms with Gasteiger partial charge in [0.1, 0.15) is 11.6 Å². The van der Waals surface area contributed by atoms with Crippen LogP contribution in [-0.2, 0) is 14.8 Å². The molecule has 0 unspecified atom stereocenters. The van der Waals surface area contributed by atoms with E-state index in [1.54, 1.807) is 24.3 Å². The number of benzene rings is 2. The minimum absolute atomic E-state index is 0.159. The number of hydrogen-bond acceptors (Lipinski definition) is 4. The van der Waals surface area contributed by atoms with Crippen LogP contribution in [0.4, 0.5) is 15.8 Å². The summed E-state index contributed by atoms with van der Waals surface area (Å²) in [6.45, 7) is 0.257. The number of amides is 1. The van der Waals surface area contributed by atoms with Crippen LogP contribution in [0.3, 0.4) is 0 Å². The van der Waals surface area contributed by atoms with Crippen molar-refractivity contribution in [3.05, 3.63) is 54.3 Å². The summed E-state index contributed by atoms with van der Waals surface area (Å²) in [4.78, 5) is 11.9. The topological polar surface area (TPSA) is 75.7 Å². The summed E-state index contributed by atoms with van der Waals surface area (Å²) in [6.07, 6.45) is 1.51. The lowest BCUT2D eigenvalue weighted by Gasteiger charge is -2.28. The Balaban J connectivity index is 1.56. The second-order valence-corrected chi connectivity index (χ2v) is 7.95. The number of nitrogens with zero attached hydrogens (tertiary/aromatic N) is 1. The van der Waals surface area contributed by atoms with Gasteiger partial charge in [0.25, 0.3) is 5.91 Å². The van der Waals surface area contributed by atoms with Crippen LogP contribution in [0, 0.1) is 5.82 Å². The van der Waals surface area contributed by atoms with Crippen molar-refractivity contribution in [2.45, 2.75) is 12.8 Å². The van der Waals surface area contributed by atoms with Crippen molar-refractivity contribution in [3.63, 3.8) is 0 Å². The summed E-state index contributed by atoms with van der Waals surface area (Å²) in [6, 6.07) is 12.0. The first-order valence-corrected chi connectivity index (χ1v) is 9.84. The van der Waals surface area contributed by atoms with E-state index in [4.69, 9.17) is 4.74 Å². The van der Waals surface area contributed by atoms with Crippen molar-refractivity contribution in [1.29, 1.82) is 0 Å². The molecule has 1 amide bonds. The molecule has 0 saturated carbocycles. The van der Waals surface area contributed by atoms with E-state index in [1.807, 2.05) is 0 Å². The van der Waals surface area contributed by atoms with Crippen molar-refractivity contribution < 1.29 is 22.3 Å². The predicted molar refractivity (Wildman–Crippen MR) is 97.3 cm³/mol. The molecule has 0 aliphatic carbocycles. The highest BCUT2D eigenvalue weighted by Gasteiger charge is 2.25. The van der Waals surface area contributed by atoms with E-state index in [0.29, 0.717) is 30.1 Å². The molecule has 0 aromatic heterocycles. The summed E-state index contributed by atoms with van der Waals surface area (Å²) in [5, 5.41) is 2.67. The smallest absolute Gasteiger partial charge is 0.262 e. The van der Waals surface area contributed by atoms with Gasteiger partial charge in [-0.1, -0.05) is 0 Å². The molecule has 26 heavy (non-hydrogen) atoms. The van der Waals surface area contributed by atoms with Gasteiger partial charge in [-0.2, -0.15) is 0 Å². The number of anilines is 2. The highest BCUT2D eigenvalue weighted by atomic mass is 32.2. The number of halogens is 1. The quantitative estimate of drug-likeness (QED) is 0.868. The average molecular weight is 378 g/mol. The van der Waals surface area contributed by atoms with Gasteiger partial charge >= 0.3 is 0 Å². The summed E-state index contributed by atoms with van der Waals surface area (Å²) in [7, 11) is -3.26. The Kier molecular flexibility index (Phi) is 5.41. The molecule has 3 rings (SSSR count). The lowest BCUT2D eigenvalue weighted by Crippen LogP contribution is -2.37. The van der Waals surface area contributed by atoms with E-state index in [-0.39, 0.29) is 24.1 Å². The van der Waals surface area contributed by atoms with Gasteiger partial charge in [0.15, 0.2) is 6.61 Å². The normalized spacial score (nSPS) is 16.1. The van der Waals surface area contributed by atoms with Gasteiger partial charge in [0.2, 0.25) is 10.0 Å². The Morgan fingerprint density at radius 2 is 1.77 bits per heavy atom. The molecule has 138 valence electrons. The van der Waals surface area contributed by atoms with Crippen LogP contribution in [0.15, 0.2) is 48.5 Å². The third kappa shape index (κ3) is 4.51. The van der Waals surface area contributed by atoms with E-state index in [9.17, 15) is 17.6 Å². The van der Waals surface area contributed by atoms with Crippen molar-refractivity contribution >= 4 is 27.3 Å². The van der Waals surface area contributed by atoms with Crippen LogP contribution in [0.2, 0.25) is 0 Å². The van der Waals surface area contributed by atoms with Crippen LogP contribution < -0.4 is 14.4 Å². The van der Waals surface area contributed by atoms with Gasteiger partial charge in [-0.25, -0.2) is 12.8 Å². The minimum Gasteiger partial charge on any atom is -0.484 e. The summed E-state index contributed by atoms with van der Waals surface area (Å²) < 4.78 is 43.7. The monoisotopic (exact) mass is 378 g/mol. The van der Waals surface area contributed by atoms with Crippen molar-refractivity contribution in [2.75, 3.05) is 28.5 Å². The first-order chi connectivity index (χ1) is 12.4. The van der Waals surface area contributed by atoms with Gasteiger partial charge in [0, 0.05) is 12.2 Å². The van der Waals surface area contributed by atoms with Crippen molar-refractivity contribution in [3.8, 4) is 5.75 Å². The number of carbonyl (C=O) groups excluding carboxylic acids is 1. The standard InChI is InChI=1S/C18H19FN2O4S/c19-14-3-9-17(10-4-14)25-13-18(22)20-15-5-7-16(8-6-15)21-11-1-2-12-26(21,23)24/h3-10H,1-2,11-13H2,(H,20,22). The van der Waals surface area contributed by atoms with Gasteiger partial charge in [-0.3, -0.25) is 9.10 Å². The Bertz CT molecular complexity index is 867. The first-order valence-electron chi connectivity index (χ1n) is 8.23. The minimum atomic E-state index is -3.26. The molecule has 1 saturated heterocycles. The fourth-order valence-electron chi connectivity index (χ4n) is 2.67. The van der Waals surface area contributed by atoms with E-state index in [1.165, 1.54) is 28.6 Å². The van der Waals surface area contributed by atoms with Gasteiger partial charge in [-0.05, 0) is 61.4 Å². The lowest BCUT2D eigenvalue weighted by molar-refractivity contribution is -0.118. The number of rotatable bonds is 5. The number of nitrogens with one attached hydrogen (secondary N) is 1. The van der Waals surface area contributed by atoms with Crippen molar-refractivity contribution in [1.82, 2.24) is 0 Å². The molecule has 1 aliphatic rings. The van der Waals surface area contributed by atoms with Crippen LogP contribution in [0.5, 0.6) is 5.75 Å². The van der Waals surface area contributed by atoms with E-state index < -0.39 is 10.0 Å². The summed E-state index contributed by atoms with van der Waals surface area (Å²) in [5.74, 6) is -0.191. The fourth-order valence-corrected chi connectivity index (χ4v) is 4.31. The molecule has 0 spiro atoms. The summed E-state index contributed by atoms with van der Waals surface area (Å²) >= 11 is 0. The molecule has 0 bridgehead atoms. The zero-order chi connectivity index (χ0) is 18.6.